The summed E-state index contributed by atoms with van der Waals surface area (Å²) in [5.74, 6) is 1.56. The Balaban J connectivity index is 2.25. The van der Waals surface area contributed by atoms with Crippen LogP contribution in [-0.4, -0.2) is 17.0 Å². The minimum Gasteiger partial charge on any atom is -0.291 e. The number of rotatable bonds is 6. The van der Waals surface area contributed by atoms with E-state index < -0.39 is 11.0 Å². The van der Waals surface area contributed by atoms with Gasteiger partial charge in [-0.2, -0.15) is 0 Å². The van der Waals surface area contributed by atoms with Gasteiger partial charge in [0.2, 0.25) is 5.96 Å². The van der Waals surface area contributed by atoms with Gasteiger partial charge in [-0.05, 0) is 45.9 Å². The molecule has 5 heteroatoms. The fraction of sp³-hybridized carbons (Fsp3) is 0.519. The van der Waals surface area contributed by atoms with E-state index in [1.807, 2.05) is 9.80 Å². The molecule has 0 bridgehead atoms. The summed E-state index contributed by atoms with van der Waals surface area (Å²) in [5, 5.41) is 9.33. The third-order valence-corrected chi connectivity index (χ3v) is 7.34. The fourth-order valence-corrected chi connectivity index (χ4v) is 5.24. The first-order chi connectivity index (χ1) is 15.0. The lowest BCUT2D eigenvalue weighted by Gasteiger charge is -2.31. The van der Waals surface area contributed by atoms with Crippen LogP contribution in [0.5, 0.6) is 0 Å². The molecule has 174 valence electrons. The monoisotopic (exact) mass is 473 g/mol. The standard InChI is InChI=1S/C27H37Cl2N3/c1-15(2)19-11-9-12-20(16(3)4)23(19)31-25(28)26(29)32(27(31)30)24-21(17(5)6)13-10-14-22(24)18(7)8/h9-18,25-26,30H,1-8H3. The van der Waals surface area contributed by atoms with E-state index in [2.05, 4.69) is 91.8 Å². The Bertz CT molecular complexity index is 851. The van der Waals surface area contributed by atoms with Crippen molar-refractivity contribution in [3.63, 3.8) is 0 Å². The van der Waals surface area contributed by atoms with E-state index in [1.54, 1.807) is 0 Å². The Morgan fingerprint density at radius 3 is 1.06 bits per heavy atom. The third-order valence-electron chi connectivity index (χ3n) is 6.34. The van der Waals surface area contributed by atoms with Gasteiger partial charge in [0.15, 0.2) is 0 Å². The summed E-state index contributed by atoms with van der Waals surface area (Å²) in [6, 6.07) is 12.8. The summed E-state index contributed by atoms with van der Waals surface area (Å²) in [6.45, 7) is 17.5. The molecule has 1 N–H and O–H groups in total. The van der Waals surface area contributed by atoms with Crippen LogP contribution in [-0.2, 0) is 0 Å². The summed E-state index contributed by atoms with van der Waals surface area (Å²) >= 11 is 14.1. The maximum absolute atomic E-state index is 9.33. The first kappa shape index (κ1) is 24.9. The molecule has 0 spiro atoms. The molecule has 1 aliphatic heterocycles. The number of anilines is 2. The molecule has 2 aromatic carbocycles. The second-order valence-electron chi connectivity index (χ2n) is 10.00. The largest absolute Gasteiger partial charge is 0.291 e. The molecule has 1 aliphatic rings. The normalized spacial score (nSPS) is 19.4. The predicted molar refractivity (Wildman–Crippen MR) is 141 cm³/mol. The molecule has 2 aromatic rings. The van der Waals surface area contributed by atoms with Gasteiger partial charge in [0.25, 0.3) is 0 Å². The van der Waals surface area contributed by atoms with Crippen molar-refractivity contribution < 1.29 is 0 Å². The highest BCUT2D eigenvalue weighted by molar-refractivity contribution is 6.38. The van der Waals surface area contributed by atoms with Gasteiger partial charge in [0.1, 0.15) is 11.0 Å². The van der Waals surface area contributed by atoms with Gasteiger partial charge < -0.3 is 0 Å². The first-order valence-corrected chi connectivity index (χ1v) is 12.6. The molecule has 1 heterocycles. The lowest BCUT2D eigenvalue weighted by atomic mass is 9.91. The van der Waals surface area contributed by atoms with Crippen molar-refractivity contribution in [3.8, 4) is 0 Å². The smallest absolute Gasteiger partial charge is 0.205 e. The van der Waals surface area contributed by atoms with E-state index in [4.69, 9.17) is 23.2 Å². The van der Waals surface area contributed by atoms with Crippen LogP contribution in [0, 0.1) is 5.41 Å². The molecule has 1 saturated heterocycles. The summed E-state index contributed by atoms with van der Waals surface area (Å²) in [7, 11) is 0. The number of benzene rings is 2. The molecule has 0 amide bonds. The topological polar surface area (TPSA) is 30.3 Å². The van der Waals surface area contributed by atoms with Gasteiger partial charge in [-0.25, -0.2) is 0 Å². The Labute approximate surface area is 204 Å². The number of guanidine groups is 1. The van der Waals surface area contributed by atoms with Crippen LogP contribution in [0.1, 0.15) is 101 Å². The van der Waals surface area contributed by atoms with Crippen LogP contribution in [0.4, 0.5) is 11.4 Å². The Hall–Kier alpha value is -1.71. The number of hydrogen-bond acceptors (Lipinski definition) is 1. The van der Waals surface area contributed by atoms with Crippen molar-refractivity contribution in [3.05, 3.63) is 58.7 Å². The third kappa shape index (κ3) is 4.26. The highest BCUT2D eigenvalue weighted by atomic mass is 35.5. The van der Waals surface area contributed by atoms with Crippen molar-refractivity contribution in [1.82, 2.24) is 0 Å². The van der Waals surface area contributed by atoms with Crippen LogP contribution < -0.4 is 9.80 Å². The van der Waals surface area contributed by atoms with Gasteiger partial charge in [-0.1, -0.05) is 115 Å². The molecular weight excluding hydrogens is 437 g/mol. The van der Waals surface area contributed by atoms with E-state index in [0.29, 0.717) is 29.6 Å². The predicted octanol–water partition coefficient (Wildman–Crippen LogP) is 8.57. The number of para-hydroxylation sites is 2. The maximum Gasteiger partial charge on any atom is 0.205 e. The molecule has 0 aliphatic carbocycles. The van der Waals surface area contributed by atoms with Crippen molar-refractivity contribution in [2.24, 2.45) is 0 Å². The van der Waals surface area contributed by atoms with Gasteiger partial charge >= 0.3 is 0 Å². The number of alkyl halides is 2. The zero-order valence-corrected chi connectivity index (χ0v) is 22.1. The summed E-state index contributed by atoms with van der Waals surface area (Å²) in [4.78, 5) is 3.90. The second kappa shape index (κ2) is 9.65. The fourth-order valence-electron chi connectivity index (χ4n) is 4.63. The molecule has 32 heavy (non-hydrogen) atoms. The maximum atomic E-state index is 9.33. The molecule has 0 saturated carbocycles. The minimum atomic E-state index is -0.554. The number of hydrogen-bond donors (Lipinski definition) is 1. The lowest BCUT2D eigenvalue weighted by Crippen LogP contribution is -2.36. The molecule has 1 fully saturated rings. The molecule has 0 aromatic heterocycles. The summed E-state index contributed by atoms with van der Waals surface area (Å²) in [6.07, 6.45) is 0. The Morgan fingerprint density at radius 2 is 0.844 bits per heavy atom. The van der Waals surface area contributed by atoms with Crippen LogP contribution >= 0.6 is 23.2 Å². The van der Waals surface area contributed by atoms with E-state index >= 15 is 0 Å². The number of nitrogens with one attached hydrogen (secondary N) is 1. The van der Waals surface area contributed by atoms with Crippen molar-refractivity contribution >= 4 is 40.5 Å². The molecule has 2 unspecified atom stereocenters. The Kier molecular flexibility index (Phi) is 7.51. The van der Waals surface area contributed by atoms with E-state index in [0.717, 1.165) is 11.4 Å². The minimum absolute atomic E-state index is 0.303. The lowest BCUT2D eigenvalue weighted by molar-refractivity contribution is 0.798. The van der Waals surface area contributed by atoms with Crippen LogP contribution in [0.3, 0.4) is 0 Å². The first-order valence-electron chi connectivity index (χ1n) is 11.7. The zero-order valence-electron chi connectivity index (χ0n) is 20.6. The Morgan fingerprint density at radius 1 is 0.594 bits per heavy atom. The molecular formula is C27H37Cl2N3. The van der Waals surface area contributed by atoms with Gasteiger partial charge in [-0.15, -0.1) is 0 Å². The zero-order chi connectivity index (χ0) is 23.9. The van der Waals surface area contributed by atoms with E-state index in [-0.39, 0.29) is 0 Å². The quantitative estimate of drug-likeness (QED) is 0.336. The second-order valence-corrected chi connectivity index (χ2v) is 10.9. The number of halogens is 2. The van der Waals surface area contributed by atoms with E-state index in [9.17, 15) is 5.41 Å². The van der Waals surface area contributed by atoms with Crippen molar-refractivity contribution in [2.75, 3.05) is 9.80 Å². The van der Waals surface area contributed by atoms with E-state index in [1.165, 1.54) is 22.3 Å². The summed E-state index contributed by atoms with van der Waals surface area (Å²) in [5.41, 5.74) is 5.73. The molecule has 3 nitrogen and oxygen atoms in total. The molecule has 0 radical (unpaired) electrons. The molecule has 3 rings (SSSR count). The highest BCUT2D eigenvalue weighted by Gasteiger charge is 2.46. The summed E-state index contributed by atoms with van der Waals surface area (Å²) < 4.78 is 0. The van der Waals surface area contributed by atoms with Crippen molar-refractivity contribution in [1.29, 1.82) is 5.41 Å². The van der Waals surface area contributed by atoms with Gasteiger partial charge in [0.05, 0.1) is 11.4 Å². The molecule has 2 atom stereocenters. The number of nitrogens with zero attached hydrogens (tertiary/aromatic N) is 2. The average molecular weight is 475 g/mol. The van der Waals surface area contributed by atoms with Crippen LogP contribution in [0.2, 0.25) is 0 Å². The van der Waals surface area contributed by atoms with Gasteiger partial charge in [-0.3, -0.25) is 15.2 Å². The van der Waals surface area contributed by atoms with Crippen LogP contribution in [0.15, 0.2) is 36.4 Å². The van der Waals surface area contributed by atoms with Gasteiger partial charge in [0, 0.05) is 0 Å². The SMILES string of the molecule is CC(C)c1cccc(C(C)C)c1N1C(=N)N(c2c(C(C)C)cccc2C(C)C)C(Cl)C1Cl. The highest BCUT2D eigenvalue weighted by Crippen LogP contribution is 2.46. The van der Waals surface area contributed by atoms with Crippen molar-refractivity contribution in [2.45, 2.75) is 90.1 Å². The average Bonchev–Trinajstić information content (AvgIpc) is 2.94. The van der Waals surface area contributed by atoms with Crippen LogP contribution in [0.25, 0.3) is 0 Å².